The minimum atomic E-state index is -0.531. The number of benzene rings is 1. The van der Waals surface area contributed by atoms with Crippen molar-refractivity contribution in [2.24, 2.45) is 0 Å². The second kappa shape index (κ2) is 4.24. The molecule has 1 aliphatic heterocycles. The van der Waals surface area contributed by atoms with Crippen LogP contribution in [0, 0.1) is 11.6 Å². The van der Waals surface area contributed by atoms with Crippen molar-refractivity contribution in [1.29, 1.82) is 0 Å². The monoisotopic (exact) mass is 213 g/mol. The second-order valence-electron chi connectivity index (χ2n) is 3.67. The Morgan fingerprint density at radius 1 is 1.47 bits per heavy atom. The summed E-state index contributed by atoms with van der Waals surface area (Å²) in [5, 5.41) is 3.17. The molecule has 0 radical (unpaired) electrons. The number of hydrogen-bond donors (Lipinski definition) is 1. The van der Waals surface area contributed by atoms with Gasteiger partial charge in [0.1, 0.15) is 11.6 Å². The summed E-state index contributed by atoms with van der Waals surface area (Å²) in [5.41, 5.74) is 1.29. The van der Waals surface area contributed by atoms with Crippen LogP contribution in [0.15, 0.2) is 12.1 Å². The SMILES string of the molecule is COCC1NCCc2c(F)cc(F)cc21. The zero-order valence-corrected chi connectivity index (χ0v) is 8.52. The third-order valence-electron chi connectivity index (χ3n) is 2.67. The van der Waals surface area contributed by atoms with Gasteiger partial charge in [-0.2, -0.15) is 0 Å². The largest absolute Gasteiger partial charge is 0.383 e. The first kappa shape index (κ1) is 10.5. The molecule has 0 aromatic heterocycles. The Bertz CT molecular complexity index is 368. The normalized spacial score (nSPS) is 20.1. The van der Waals surface area contributed by atoms with Crippen molar-refractivity contribution in [3.05, 3.63) is 34.9 Å². The maximum absolute atomic E-state index is 13.4. The lowest BCUT2D eigenvalue weighted by Crippen LogP contribution is -2.33. The van der Waals surface area contributed by atoms with Crippen molar-refractivity contribution in [1.82, 2.24) is 5.32 Å². The average Bonchev–Trinajstić information content (AvgIpc) is 2.19. The maximum atomic E-state index is 13.4. The van der Waals surface area contributed by atoms with E-state index in [1.165, 1.54) is 6.07 Å². The number of nitrogens with one attached hydrogen (secondary N) is 1. The smallest absolute Gasteiger partial charge is 0.129 e. The standard InChI is InChI=1S/C11H13F2NO/c1-15-6-11-9-4-7(12)5-10(13)8(9)2-3-14-11/h4-5,11,14H,2-3,6H2,1H3. The van der Waals surface area contributed by atoms with Crippen LogP contribution in [0.5, 0.6) is 0 Å². The topological polar surface area (TPSA) is 21.3 Å². The molecule has 2 nitrogen and oxygen atoms in total. The van der Waals surface area contributed by atoms with Gasteiger partial charge in [0.25, 0.3) is 0 Å². The molecule has 0 saturated carbocycles. The molecule has 0 saturated heterocycles. The van der Waals surface area contributed by atoms with Crippen molar-refractivity contribution in [3.63, 3.8) is 0 Å². The Morgan fingerprint density at radius 3 is 3.00 bits per heavy atom. The van der Waals surface area contributed by atoms with Gasteiger partial charge >= 0.3 is 0 Å². The molecule has 0 fully saturated rings. The lowest BCUT2D eigenvalue weighted by molar-refractivity contribution is 0.164. The molecule has 0 bridgehead atoms. The molecule has 4 heteroatoms. The van der Waals surface area contributed by atoms with Gasteiger partial charge in [-0.05, 0) is 30.2 Å². The highest BCUT2D eigenvalue weighted by Crippen LogP contribution is 2.26. The molecule has 0 amide bonds. The number of ether oxygens (including phenoxy) is 1. The first-order valence-electron chi connectivity index (χ1n) is 4.92. The third kappa shape index (κ3) is 2.01. The van der Waals surface area contributed by atoms with Crippen LogP contribution in [0.3, 0.4) is 0 Å². The Kier molecular flexibility index (Phi) is 2.98. The van der Waals surface area contributed by atoms with E-state index in [1.54, 1.807) is 7.11 Å². The maximum Gasteiger partial charge on any atom is 0.129 e. The van der Waals surface area contributed by atoms with Crippen LogP contribution in [0.1, 0.15) is 17.2 Å². The zero-order valence-electron chi connectivity index (χ0n) is 8.52. The number of rotatable bonds is 2. The fraction of sp³-hybridized carbons (Fsp3) is 0.455. The number of fused-ring (bicyclic) bond motifs is 1. The van der Waals surface area contributed by atoms with E-state index >= 15 is 0 Å². The van der Waals surface area contributed by atoms with E-state index < -0.39 is 11.6 Å². The molecule has 1 N–H and O–H groups in total. The molecule has 1 unspecified atom stereocenters. The van der Waals surface area contributed by atoms with Gasteiger partial charge in [-0.15, -0.1) is 0 Å². The molecule has 1 aromatic rings. The average molecular weight is 213 g/mol. The summed E-state index contributed by atoms with van der Waals surface area (Å²) < 4.78 is 31.5. The van der Waals surface area contributed by atoms with E-state index in [4.69, 9.17) is 4.74 Å². The fourth-order valence-corrected chi connectivity index (χ4v) is 1.99. The lowest BCUT2D eigenvalue weighted by atomic mass is 9.94. The summed E-state index contributed by atoms with van der Waals surface area (Å²) in [6, 6.07) is 2.21. The molecule has 1 aliphatic rings. The summed E-state index contributed by atoms with van der Waals surface area (Å²) in [7, 11) is 1.58. The van der Waals surface area contributed by atoms with Crippen LogP contribution in [0.25, 0.3) is 0 Å². The van der Waals surface area contributed by atoms with E-state index in [9.17, 15) is 8.78 Å². The van der Waals surface area contributed by atoms with E-state index in [-0.39, 0.29) is 6.04 Å². The molecule has 15 heavy (non-hydrogen) atoms. The van der Waals surface area contributed by atoms with Crippen molar-refractivity contribution in [3.8, 4) is 0 Å². The Hall–Kier alpha value is -1.00. The van der Waals surface area contributed by atoms with Crippen molar-refractivity contribution < 1.29 is 13.5 Å². The van der Waals surface area contributed by atoms with Crippen molar-refractivity contribution in [2.45, 2.75) is 12.5 Å². The predicted octanol–water partition coefficient (Wildman–Crippen LogP) is 1.80. The van der Waals surface area contributed by atoms with Crippen molar-refractivity contribution in [2.75, 3.05) is 20.3 Å². The number of halogens is 2. The first-order valence-corrected chi connectivity index (χ1v) is 4.92. The minimum Gasteiger partial charge on any atom is -0.383 e. The molecule has 2 rings (SSSR count). The molecular weight excluding hydrogens is 200 g/mol. The Morgan fingerprint density at radius 2 is 2.27 bits per heavy atom. The van der Waals surface area contributed by atoms with Crippen molar-refractivity contribution >= 4 is 0 Å². The van der Waals surface area contributed by atoms with Gasteiger partial charge in [-0.1, -0.05) is 0 Å². The lowest BCUT2D eigenvalue weighted by Gasteiger charge is -2.26. The van der Waals surface area contributed by atoms with Gasteiger partial charge in [-0.25, -0.2) is 8.78 Å². The second-order valence-corrected chi connectivity index (χ2v) is 3.67. The summed E-state index contributed by atoms with van der Waals surface area (Å²) >= 11 is 0. The van der Waals surface area contributed by atoms with E-state index in [0.717, 1.165) is 6.07 Å². The van der Waals surface area contributed by atoms with Crippen LogP contribution in [0.4, 0.5) is 8.78 Å². The van der Waals surface area contributed by atoms with Gasteiger partial charge in [0.15, 0.2) is 0 Å². The van der Waals surface area contributed by atoms with Crippen LogP contribution in [0.2, 0.25) is 0 Å². The number of methoxy groups -OCH3 is 1. The van der Waals surface area contributed by atoms with Gasteiger partial charge in [0.2, 0.25) is 0 Å². The first-order chi connectivity index (χ1) is 7.22. The minimum absolute atomic E-state index is 0.107. The van der Waals surface area contributed by atoms with Gasteiger partial charge < -0.3 is 10.1 Å². The highest BCUT2D eigenvalue weighted by Gasteiger charge is 2.22. The molecule has 1 heterocycles. The highest BCUT2D eigenvalue weighted by atomic mass is 19.1. The Balaban J connectivity index is 2.41. The van der Waals surface area contributed by atoms with Crippen LogP contribution in [-0.4, -0.2) is 20.3 Å². The third-order valence-corrected chi connectivity index (χ3v) is 2.67. The van der Waals surface area contributed by atoms with Gasteiger partial charge in [-0.3, -0.25) is 0 Å². The molecular formula is C11H13F2NO. The molecule has 0 aliphatic carbocycles. The van der Waals surface area contributed by atoms with E-state index in [2.05, 4.69) is 5.32 Å². The summed E-state index contributed by atoms with van der Waals surface area (Å²) in [5.74, 6) is -0.983. The number of hydrogen-bond acceptors (Lipinski definition) is 2. The highest BCUT2D eigenvalue weighted by molar-refractivity contribution is 5.34. The van der Waals surface area contributed by atoms with Crippen LogP contribution < -0.4 is 5.32 Å². The van der Waals surface area contributed by atoms with Gasteiger partial charge in [0, 0.05) is 13.2 Å². The molecule has 0 spiro atoms. The van der Waals surface area contributed by atoms with Crippen LogP contribution in [-0.2, 0) is 11.2 Å². The summed E-state index contributed by atoms with van der Waals surface area (Å²) in [6.45, 7) is 1.12. The Labute approximate surface area is 87.2 Å². The molecule has 1 aromatic carbocycles. The van der Waals surface area contributed by atoms with E-state index in [0.29, 0.717) is 30.7 Å². The molecule has 82 valence electrons. The van der Waals surface area contributed by atoms with E-state index in [1.807, 2.05) is 0 Å². The summed E-state index contributed by atoms with van der Waals surface area (Å²) in [6.07, 6.45) is 0.599. The fourth-order valence-electron chi connectivity index (χ4n) is 1.99. The van der Waals surface area contributed by atoms with Crippen LogP contribution >= 0.6 is 0 Å². The molecule has 1 atom stereocenters. The quantitative estimate of drug-likeness (QED) is 0.808. The van der Waals surface area contributed by atoms with Gasteiger partial charge in [0.05, 0.1) is 12.6 Å². The zero-order chi connectivity index (χ0) is 10.8. The predicted molar refractivity (Wildman–Crippen MR) is 52.7 cm³/mol. The summed E-state index contributed by atoms with van der Waals surface area (Å²) in [4.78, 5) is 0.